The zero-order valence-corrected chi connectivity index (χ0v) is 17.2. The van der Waals surface area contributed by atoms with Crippen molar-refractivity contribution < 1.29 is 28.2 Å². The highest BCUT2D eigenvalue weighted by Gasteiger charge is 2.26. The first-order valence-corrected chi connectivity index (χ1v) is 10.3. The van der Waals surface area contributed by atoms with Crippen LogP contribution < -0.4 is 4.74 Å². The van der Waals surface area contributed by atoms with Gasteiger partial charge in [-0.25, -0.2) is 14.2 Å². The summed E-state index contributed by atoms with van der Waals surface area (Å²) >= 11 is 0. The molecule has 1 fully saturated rings. The summed E-state index contributed by atoms with van der Waals surface area (Å²) in [5.41, 5.74) is 2.25. The maximum atomic E-state index is 13.1. The van der Waals surface area contributed by atoms with Gasteiger partial charge in [0.15, 0.2) is 0 Å². The third-order valence-electron chi connectivity index (χ3n) is 5.43. The number of ether oxygens (including phenoxy) is 2. The van der Waals surface area contributed by atoms with E-state index in [9.17, 15) is 14.3 Å². The smallest absolute Gasteiger partial charge is 0.339 e. The van der Waals surface area contributed by atoms with Crippen LogP contribution in [-0.2, 0) is 11.3 Å². The van der Waals surface area contributed by atoms with Crippen LogP contribution in [0.25, 0.3) is 11.5 Å². The van der Waals surface area contributed by atoms with E-state index in [0.717, 1.165) is 19.3 Å². The first-order valence-electron chi connectivity index (χ1n) is 10.3. The zero-order chi connectivity index (χ0) is 21.8. The number of hydrogen-bond donors (Lipinski definition) is 1. The molecule has 0 spiro atoms. The van der Waals surface area contributed by atoms with Crippen molar-refractivity contribution in [2.24, 2.45) is 0 Å². The molecule has 1 N–H and O–H groups in total. The summed E-state index contributed by atoms with van der Waals surface area (Å²) in [7, 11) is 0. The van der Waals surface area contributed by atoms with Gasteiger partial charge in [-0.3, -0.25) is 0 Å². The lowest BCUT2D eigenvalue weighted by Gasteiger charge is -2.30. The van der Waals surface area contributed by atoms with E-state index in [-0.39, 0.29) is 23.6 Å². The van der Waals surface area contributed by atoms with Gasteiger partial charge in [-0.05, 0) is 62.1 Å². The van der Waals surface area contributed by atoms with Gasteiger partial charge in [-0.1, -0.05) is 12.1 Å². The predicted molar refractivity (Wildman–Crippen MR) is 111 cm³/mol. The Hall–Kier alpha value is -3.19. The third-order valence-corrected chi connectivity index (χ3v) is 5.43. The molecule has 0 saturated heterocycles. The Morgan fingerprint density at radius 2 is 1.97 bits per heavy atom. The molecule has 4 rings (SSSR count). The molecule has 1 heterocycles. The Balaban J connectivity index is 1.34. The van der Waals surface area contributed by atoms with E-state index in [1.54, 1.807) is 43.5 Å². The molecule has 1 saturated carbocycles. The second-order valence-corrected chi connectivity index (χ2v) is 7.74. The number of hydrogen-bond acceptors (Lipinski definition) is 5. The van der Waals surface area contributed by atoms with Crippen LogP contribution in [0.1, 0.15) is 47.3 Å². The van der Waals surface area contributed by atoms with Crippen molar-refractivity contribution in [1.82, 2.24) is 4.98 Å². The molecule has 0 bridgehead atoms. The van der Waals surface area contributed by atoms with Crippen molar-refractivity contribution in [3.05, 3.63) is 71.4 Å². The maximum absolute atomic E-state index is 13.1. The fourth-order valence-corrected chi connectivity index (χ4v) is 3.85. The van der Waals surface area contributed by atoms with Crippen LogP contribution in [-0.4, -0.2) is 28.3 Å². The van der Waals surface area contributed by atoms with Gasteiger partial charge in [0.05, 0.1) is 12.7 Å². The molecule has 2 aromatic carbocycles. The van der Waals surface area contributed by atoms with Crippen molar-refractivity contribution in [2.45, 2.75) is 51.4 Å². The number of carbonyl (C=O) groups is 1. The van der Waals surface area contributed by atoms with Crippen LogP contribution in [0.2, 0.25) is 0 Å². The molecule has 0 radical (unpaired) electrons. The topological polar surface area (TPSA) is 81.8 Å². The van der Waals surface area contributed by atoms with Gasteiger partial charge in [-0.2, -0.15) is 0 Å². The summed E-state index contributed by atoms with van der Waals surface area (Å²) < 4.78 is 30.6. The highest BCUT2D eigenvalue weighted by molar-refractivity contribution is 5.92. The third kappa shape index (κ3) is 5.11. The highest BCUT2D eigenvalue weighted by Crippen LogP contribution is 2.29. The summed E-state index contributed by atoms with van der Waals surface area (Å²) in [6.07, 6.45) is 4.79. The van der Waals surface area contributed by atoms with E-state index in [2.05, 4.69) is 4.98 Å². The number of carboxylic acids is 1. The van der Waals surface area contributed by atoms with Crippen molar-refractivity contribution in [2.75, 3.05) is 0 Å². The number of aromatic carboxylic acids is 1. The largest absolute Gasteiger partial charge is 0.489 e. The molecule has 3 aromatic rings. The number of aromatic nitrogens is 1. The molecule has 31 heavy (non-hydrogen) atoms. The number of oxazole rings is 1. The highest BCUT2D eigenvalue weighted by atomic mass is 19.1. The Morgan fingerprint density at radius 3 is 2.74 bits per heavy atom. The first kappa shape index (κ1) is 21.1. The Kier molecular flexibility index (Phi) is 6.32. The van der Waals surface area contributed by atoms with Crippen LogP contribution in [0.15, 0.2) is 53.1 Å². The van der Waals surface area contributed by atoms with Crippen LogP contribution in [0.5, 0.6) is 5.75 Å². The number of nitrogens with zero attached hydrogens (tertiary/aromatic N) is 1. The minimum Gasteiger partial charge on any atom is -0.489 e. The molecule has 0 unspecified atom stereocenters. The lowest BCUT2D eigenvalue weighted by Crippen LogP contribution is -2.30. The number of halogens is 1. The van der Waals surface area contributed by atoms with Crippen LogP contribution >= 0.6 is 0 Å². The number of rotatable bonds is 7. The summed E-state index contributed by atoms with van der Waals surface area (Å²) in [6.45, 7) is 2.06. The zero-order valence-electron chi connectivity index (χ0n) is 17.2. The minimum absolute atomic E-state index is 0.0113. The summed E-state index contributed by atoms with van der Waals surface area (Å²) in [5.74, 6) is -0.475. The molecule has 1 aliphatic rings. The van der Waals surface area contributed by atoms with Gasteiger partial charge in [0.2, 0.25) is 5.89 Å². The van der Waals surface area contributed by atoms with Crippen molar-refractivity contribution in [1.29, 1.82) is 0 Å². The Morgan fingerprint density at radius 1 is 1.19 bits per heavy atom. The second kappa shape index (κ2) is 9.31. The van der Waals surface area contributed by atoms with Crippen LogP contribution in [0, 0.1) is 12.7 Å². The van der Waals surface area contributed by atoms with E-state index in [4.69, 9.17) is 13.9 Å². The molecule has 7 heteroatoms. The van der Waals surface area contributed by atoms with Gasteiger partial charge in [0.1, 0.15) is 35.2 Å². The molecule has 2 atom stereocenters. The van der Waals surface area contributed by atoms with Crippen molar-refractivity contribution in [3.63, 3.8) is 0 Å². The molecule has 162 valence electrons. The van der Waals surface area contributed by atoms with Crippen molar-refractivity contribution in [3.8, 4) is 17.2 Å². The SMILES string of the molecule is Cc1cccc(O[C@H]2CCC[C@@H](OCc3coc(-c4ccc(F)cc4)n3)C2)c1C(=O)O. The van der Waals surface area contributed by atoms with E-state index in [1.165, 1.54) is 12.1 Å². The average molecular weight is 425 g/mol. The average Bonchev–Trinajstić information content (AvgIpc) is 3.22. The first-order chi connectivity index (χ1) is 15.0. The van der Waals surface area contributed by atoms with Gasteiger partial charge < -0.3 is 19.0 Å². The fraction of sp³-hybridized carbons (Fsp3) is 0.333. The quantitative estimate of drug-likeness (QED) is 0.546. The van der Waals surface area contributed by atoms with Crippen LogP contribution in [0.3, 0.4) is 0 Å². The summed E-state index contributed by atoms with van der Waals surface area (Å²) in [6, 6.07) is 11.2. The lowest BCUT2D eigenvalue weighted by molar-refractivity contribution is -0.0176. The second-order valence-electron chi connectivity index (χ2n) is 7.74. The van der Waals surface area contributed by atoms with Gasteiger partial charge in [0.25, 0.3) is 0 Å². The molecular formula is C24H24FNO5. The lowest BCUT2D eigenvalue weighted by atomic mass is 9.94. The Bertz CT molecular complexity index is 1050. The van der Waals surface area contributed by atoms with Gasteiger partial charge >= 0.3 is 5.97 Å². The van der Waals surface area contributed by atoms with E-state index < -0.39 is 5.97 Å². The molecule has 0 aliphatic heterocycles. The molecule has 1 aromatic heterocycles. The number of carboxylic acid groups (broad SMARTS) is 1. The molecular weight excluding hydrogens is 401 g/mol. The van der Waals surface area contributed by atoms with E-state index >= 15 is 0 Å². The minimum atomic E-state index is -0.986. The van der Waals surface area contributed by atoms with E-state index in [1.807, 2.05) is 0 Å². The van der Waals surface area contributed by atoms with Crippen molar-refractivity contribution >= 4 is 5.97 Å². The summed E-state index contributed by atoms with van der Waals surface area (Å²) in [4.78, 5) is 16.0. The molecule has 6 nitrogen and oxygen atoms in total. The summed E-state index contributed by atoms with van der Waals surface area (Å²) in [5, 5.41) is 9.50. The van der Waals surface area contributed by atoms with Gasteiger partial charge in [-0.15, -0.1) is 0 Å². The predicted octanol–water partition coefficient (Wildman–Crippen LogP) is 5.39. The van der Waals surface area contributed by atoms with Crippen LogP contribution in [0.4, 0.5) is 4.39 Å². The molecule has 0 amide bonds. The fourth-order valence-electron chi connectivity index (χ4n) is 3.85. The van der Waals surface area contributed by atoms with E-state index in [0.29, 0.717) is 41.5 Å². The maximum Gasteiger partial charge on any atom is 0.339 e. The standard InChI is InChI=1S/C24H24FNO5/c1-15-4-2-7-21(22(15)24(27)28)31-20-6-3-5-19(12-20)29-13-18-14-30-23(26-18)16-8-10-17(25)11-9-16/h2,4,7-11,14,19-20H,3,5-6,12-13H2,1H3,(H,27,28)/t19-,20+/m1/s1. The Labute approximate surface area is 179 Å². The monoisotopic (exact) mass is 425 g/mol. The number of aryl methyl sites for hydroxylation is 1. The number of benzene rings is 2. The van der Waals surface area contributed by atoms with Gasteiger partial charge in [0, 0.05) is 12.0 Å². The molecule has 1 aliphatic carbocycles. The normalized spacial score (nSPS) is 18.6.